The van der Waals surface area contributed by atoms with Gasteiger partial charge in [0.1, 0.15) is 5.69 Å². The number of hydrogen-bond donors (Lipinski definition) is 4. The molecular formula is C23H25N5O3S. The molecular weight excluding hydrogens is 426 g/mol. The zero-order valence-electron chi connectivity index (χ0n) is 18.2. The third kappa shape index (κ3) is 5.12. The second-order valence-electron chi connectivity index (χ2n) is 7.59. The van der Waals surface area contributed by atoms with E-state index < -0.39 is 5.97 Å². The van der Waals surface area contributed by atoms with Gasteiger partial charge in [-0.1, -0.05) is 38.1 Å². The van der Waals surface area contributed by atoms with Crippen molar-refractivity contribution in [3.05, 3.63) is 65.4 Å². The van der Waals surface area contributed by atoms with Gasteiger partial charge in [-0.15, -0.1) is 0 Å². The molecule has 0 aliphatic rings. The summed E-state index contributed by atoms with van der Waals surface area (Å²) in [6.45, 7) is 5.97. The van der Waals surface area contributed by atoms with Gasteiger partial charge in [-0.25, -0.2) is 4.79 Å². The topological polar surface area (TPSA) is 112 Å². The summed E-state index contributed by atoms with van der Waals surface area (Å²) < 4.78 is 1.62. The number of thiocarbonyl (C=S) groups is 1. The molecule has 2 aromatic carbocycles. The monoisotopic (exact) mass is 451 g/mol. The van der Waals surface area contributed by atoms with E-state index >= 15 is 0 Å². The summed E-state index contributed by atoms with van der Waals surface area (Å²) in [5.74, 6) is -0.536. The van der Waals surface area contributed by atoms with Crippen molar-refractivity contribution in [2.24, 2.45) is 12.1 Å². The van der Waals surface area contributed by atoms with Crippen LogP contribution in [0.1, 0.15) is 48.3 Å². The number of aryl methyl sites for hydroxylation is 1. The number of carbonyl (C=O) groups is 1. The normalized spacial score (nSPS) is 11.5. The summed E-state index contributed by atoms with van der Waals surface area (Å²) in [6, 6.07) is 14.2. The number of hydrazone groups is 1. The molecule has 1 aromatic heterocycles. The van der Waals surface area contributed by atoms with E-state index in [4.69, 9.17) is 17.3 Å². The lowest BCUT2D eigenvalue weighted by atomic mass is 10.0. The summed E-state index contributed by atoms with van der Waals surface area (Å²) in [5, 5.41) is 31.5. The molecule has 0 radical (unpaired) electrons. The van der Waals surface area contributed by atoms with Crippen molar-refractivity contribution in [1.29, 1.82) is 0 Å². The van der Waals surface area contributed by atoms with Crippen LogP contribution in [0.25, 0.3) is 11.3 Å². The third-order valence-corrected chi connectivity index (χ3v) is 5.12. The maximum absolute atomic E-state index is 10.9. The van der Waals surface area contributed by atoms with Crippen LogP contribution in [0, 0.1) is 0 Å². The predicted molar refractivity (Wildman–Crippen MR) is 129 cm³/mol. The van der Waals surface area contributed by atoms with E-state index in [1.54, 1.807) is 30.8 Å². The summed E-state index contributed by atoms with van der Waals surface area (Å²) in [5.41, 5.74) is 6.99. The number of rotatable bonds is 6. The average Bonchev–Trinajstić information content (AvgIpc) is 3.06. The molecule has 8 nitrogen and oxygen atoms in total. The highest BCUT2D eigenvalue weighted by Crippen LogP contribution is 2.32. The number of aromatic hydroxyl groups is 1. The molecule has 166 valence electrons. The summed E-state index contributed by atoms with van der Waals surface area (Å²) in [4.78, 5) is 10.9. The van der Waals surface area contributed by atoms with Crippen molar-refractivity contribution in [2.75, 3.05) is 5.32 Å². The van der Waals surface area contributed by atoms with Gasteiger partial charge in [0, 0.05) is 18.3 Å². The van der Waals surface area contributed by atoms with Crippen LogP contribution in [-0.2, 0) is 7.05 Å². The van der Waals surface area contributed by atoms with Gasteiger partial charge >= 0.3 is 5.97 Å². The molecule has 0 unspecified atom stereocenters. The molecule has 0 atom stereocenters. The number of nitrogens with one attached hydrogen (secondary N) is 2. The Kier molecular flexibility index (Phi) is 6.89. The first kappa shape index (κ1) is 23.0. The van der Waals surface area contributed by atoms with E-state index in [2.05, 4.69) is 34.8 Å². The van der Waals surface area contributed by atoms with Crippen LogP contribution in [0.5, 0.6) is 5.75 Å². The van der Waals surface area contributed by atoms with Crippen molar-refractivity contribution >= 4 is 34.7 Å². The number of anilines is 1. The fourth-order valence-corrected chi connectivity index (χ4v) is 3.31. The number of benzene rings is 2. The second-order valence-corrected chi connectivity index (χ2v) is 8.00. The van der Waals surface area contributed by atoms with Crippen molar-refractivity contribution in [1.82, 2.24) is 15.2 Å². The Hall–Kier alpha value is -3.72. The van der Waals surface area contributed by atoms with Gasteiger partial charge in [-0.2, -0.15) is 10.2 Å². The van der Waals surface area contributed by atoms with E-state index in [1.165, 1.54) is 17.7 Å². The Morgan fingerprint density at radius 3 is 2.31 bits per heavy atom. The molecule has 0 fully saturated rings. The molecule has 0 spiro atoms. The average molecular weight is 452 g/mol. The molecule has 0 aliphatic heterocycles. The summed E-state index contributed by atoms with van der Waals surface area (Å²) in [7, 11) is 1.77. The van der Waals surface area contributed by atoms with E-state index in [1.807, 2.05) is 24.3 Å². The third-order valence-electron chi connectivity index (χ3n) is 4.93. The lowest BCUT2D eigenvalue weighted by Gasteiger charge is -2.08. The maximum Gasteiger partial charge on any atom is 0.335 e. The quantitative estimate of drug-likeness (QED) is 0.251. The standard InChI is InChI=1S/C23H25N5O3S/c1-13(2)15-5-7-16(8-6-15)20-21(29)19(27-28(20)4)14(3)25-26-23(32)24-18-11-9-17(10-12-18)22(30)31/h5-13,29H,1-4H3,(H,30,31)(H2,24,26,32)/b25-14-. The first-order valence-electron chi connectivity index (χ1n) is 9.98. The summed E-state index contributed by atoms with van der Waals surface area (Å²) >= 11 is 5.23. The van der Waals surface area contributed by atoms with Crippen LogP contribution in [0.15, 0.2) is 53.6 Å². The first-order valence-corrected chi connectivity index (χ1v) is 10.4. The van der Waals surface area contributed by atoms with Gasteiger partial charge in [0.15, 0.2) is 16.6 Å². The molecule has 1 heterocycles. The van der Waals surface area contributed by atoms with Gasteiger partial charge < -0.3 is 15.5 Å². The number of carboxylic acids is 1. The zero-order valence-corrected chi connectivity index (χ0v) is 19.1. The first-order chi connectivity index (χ1) is 15.2. The molecule has 0 aliphatic carbocycles. The number of carboxylic acid groups (broad SMARTS) is 1. The molecule has 0 bridgehead atoms. The van der Waals surface area contributed by atoms with Crippen LogP contribution in [0.2, 0.25) is 0 Å². The Bertz CT molecular complexity index is 1170. The number of nitrogens with zero attached hydrogens (tertiary/aromatic N) is 3. The van der Waals surface area contributed by atoms with Crippen LogP contribution in [-0.4, -0.2) is 36.8 Å². The van der Waals surface area contributed by atoms with Gasteiger partial charge in [0.2, 0.25) is 0 Å². The van der Waals surface area contributed by atoms with Crippen molar-refractivity contribution in [2.45, 2.75) is 26.7 Å². The Morgan fingerprint density at radius 1 is 1.12 bits per heavy atom. The van der Waals surface area contributed by atoms with Crippen molar-refractivity contribution in [3.63, 3.8) is 0 Å². The Balaban J connectivity index is 1.73. The van der Waals surface area contributed by atoms with Gasteiger partial charge in [0.25, 0.3) is 0 Å². The number of hydrogen-bond acceptors (Lipinski definition) is 5. The lowest BCUT2D eigenvalue weighted by Crippen LogP contribution is -2.25. The fraction of sp³-hybridized carbons (Fsp3) is 0.217. The zero-order chi connectivity index (χ0) is 23.4. The van der Waals surface area contributed by atoms with Crippen LogP contribution >= 0.6 is 12.2 Å². The van der Waals surface area contributed by atoms with Crippen LogP contribution < -0.4 is 10.7 Å². The molecule has 3 aromatic rings. The Morgan fingerprint density at radius 2 is 1.75 bits per heavy atom. The molecule has 4 N–H and O–H groups in total. The molecule has 0 amide bonds. The van der Waals surface area contributed by atoms with Gasteiger partial charge in [0.05, 0.1) is 11.3 Å². The number of aromatic nitrogens is 2. The highest BCUT2D eigenvalue weighted by molar-refractivity contribution is 7.80. The minimum atomic E-state index is -0.997. The molecule has 0 saturated heterocycles. The number of aromatic carboxylic acids is 1. The Labute approximate surface area is 191 Å². The van der Waals surface area contributed by atoms with Crippen LogP contribution in [0.4, 0.5) is 5.69 Å². The predicted octanol–water partition coefficient (Wildman–Crippen LogP) is 4.32. The van der Waals surface area contributed by atoms with Gasteiger partial charge in [-0.05, 0) is 54.9 Å². The summed E-state index contributed by atoms with van der Waals surface area (Å²) in [6.07, 6.45) is 0. The van der Waals surface area contributed by atoms with Crippen LogP contribution in [0.3, 0.4) is 0 Å². The van der Waals surface area contributed by atoms with E-state index in [9.17, 15) is 9.90 Å². The molecule has 0 saturated carbocycles. The smallest absolute Gasteiger partial charge is 0.335 e. The lowest BCUT2D eigenvalue weighted by molar-refractivity contribution is 0.0697. The van der Waals surface area contributed by atoms with E-state index in [-0.39, 0.29) is 16.4 Å². The highest BCUT2D eigenvalue weighted by Gasteiger charge is 2.19. The minimum Gasteiger partial charge on any atom is -0.504 e. The minimum absolute atomic E-state index is 0.0379. The van der Waals surface area contributed by atoms with Gasteiger partial charge in [-0.3, -0.25) is 10.1 Å². The SMILES string of the molecule is C/C(=N/NC(=S)Nc1ccc(C(=O)O)cc1)c1nn(C)c(-c2ccc(C(C)C)cc2)c1O. The highest BCUT2D eigenvalue weighted by atomic mass is 32.1. The molecule has 32 heavy (non-hydrogen) atoms. The largest absolute Gasteiger partial charge is 0.504 e. The fourth-order valence-electron chi connectivity index (χ4n) is 3.15. The van der Waals surface area contributed by atoms with Crippen molar-refractivity contribution < 1.29 is 15.0 Å². The van der Waals surface area contributed by atoms with E-state index in [0.717, 1.165) is 5.56 Å². The molecule has 9 heteroatoms. The maximum atomic E-state index is 10.9. The van der Waals surface area contributed by atoms with Crippen molar-refractivity contribution in [3.8, 4) is 17.0 Å². The second kappa shape index (κ2) is 9.61. The molecule has 3 rings (SSSR count). The van der Waals surface area contributed by atoms with E-state index in [0.29, 0.717) is 28.7 Å².